The van der Waals surface area contributed by atoms with E-state index < -0.39 is 40.6 Å². The summed E-state index contributed by atoms with van der Waals surface area (Å²) in [6.07, 6.45) is -9.67. The monoisotopic (exact) mass is 358 g/mol. The maximum Gasteiger partial charge on any atom is 0.390 e. The maximum absolute atomic E-state index is 12.2. The zero-order valence-electron chi connectivity index (χ0n) is 11.9. The molecule has 0 spiro atoms. The molecule has 10 heteroatoms. The van der Waals surface area contributed by atoms with Gasteiger partial charge in [0.2, 0.25) is 0 Å². The second-order valence-electron chi connectivity index (χ2n) is 5.23. The van der Waals surface area contributed by atoms with Crippen molar-refractivity contribution in [2.45, 2.75) is 75.4 Å². The first-order valence-electron chi connectivity index (χ1n) is 6.91. The Bertz CT molecular complexity index is 402. The van der Waals surface area contributed by atoms with Gasteiger partial charge in [-0.3, -0.25) is 4.55 Å². The summed E-state index contributed by atoms with van der Waals surface area (Å²) in [6, 6.07) is 0. The summed E-state index contributed by atoms with van der Waals surface area (Å²) in [4.78, 5) is 0. The molecule has 1 N–H and O–H groups in total. The van der Waals surface area contributed by atoms with E-state index in [1.165, 1.54) is 0 Å². The maximum atomic E-state index is 12.2. The van der Waals surface area contributed by atoms with Crippen LogP contribution in [0, 0.1) is 0 Å². The summed E-state index contributed by atoms with van der Waals surface area (Å²) in [5, 5.41) is -1.88. The van der Waals surface area contributed by atoms with Gasteiger partial charge in [-0.15, -0.1) is 0 Å². The van der Waals surface area contributed by atoms with Gasteiger partial charge in [0.25, 0.3) is 10.1 Å². The Balaban J connectivity index is 3.87. The van der Waals surface area contributed by atoms with Crippen molar-refractivity contribution in [1.82, 2.24) is 0 Å². The predicted octanol–water partition coefficient (Wildman–Crippen LogP) is 4.88. The van der Waals surface area contributed by atoms with Crippen molar-refractivity contribution in [2.24, 2.45) is 0 Å². The zero-order valence-corrected chi connectivity index (χ0v) is 12.7. The lowest BCUT2D eigenvalue weighted by molar-refractivity contribution is -0.136. The van der Waals surface area contributed by atoms with Crippen LogP contribution in [0.3, 0.4) is 0 Å². The minimum absolute atomic E-state index is 0.00518. The normalized spacial score (nSPS) is 15.0. The topological polar surface area (TPSA) is 54.4 Å². The van der Waals surface area contributed by atoms with E-state index in [0.717, 1.165) is 0 Å². The highest BCUT2D eigenvalue weighted by Crippen LogP contribution is 2.27. The molecular weight excluding hydrogens is 338 g/mol. The third-order valence-electron chi connectivity index (χ3n) is 3.12. The average Bonchev–Trinajstić information content (AvgIpc) is 2.26. The quantitative estimate of drug-likeness (QED) is 0.344. The van der Waals surface area contributed by atoms with Gasteiger partial charge in [0.15, 0.2) is 0 Å². The first-order chi connectivity index (χ1) is 9.81. The van der Waals surface area contributed by atoms with Gasteiger partial charge in [-0.1, -0.05) is 32.1 Å². The molecule has 3 nitrogen and oxygen atoms in total. The second kappa shape index (κ2) is 8.95. The molecule has 0 heterocycles. The summed E-state index contributed by atoms with van der Waals surface area (Å²) in [5.74, 6) is 0. The van der Waals surface area contributed by atoms with Crippen LogP contribution in [0.15, 0.2) is 0 Å². The minimum atomic E-state index is -4.76. The van der Waals surface area contributed by atoms with Gasteiger partial charge in [0, 0.05) is 6.42 Å². The van der Waals surface area contributed by atoms with E-state index in [2.05, 4.69) is 0 Å². The van der Waals surface area contributed by atoms with E-state index in [9.17, 15) is 34.8 Å². The van der Waals surface area contributed by atoms with Gasteiger partial charge in [0.05, 0.1) is 11.7 Å². The Kier molecular flexibility index (Phi) is 8.74. The Hall–Kier alpha value is -0.510. The van der Waals surface area contributed by atoms with Crippen molar-refractivity contribution in [1.29, 1.82) is 0 Å². The van der Waals surface area contributed by atoms with Gasteiger partial charge in [0.1, 0.15) is 0 Å². The van der Waals surface area contributed by atoms with E-state index in [1.54, 1.807) is 0 Å². The van der Waals surface area contributed by atoms with Crippen LogP contribution in [0.2, 0.25) is 0 Å². The molecule has 22 heavy (non-hydrogen) atoms. The van der Waals surface area contributed by atoms with Crippen molar-refractivity contribution < 1.29 is 39.3 Å². The molecule has 0 aliphatic rings. The molecule has 0 amide bonds. The second-order valence-corrected chi connectivity index (χ2v) is 6.93. The van der Waals surface area contributed by atoms with Crippen LogP contribution in [0.25, 0.3) is 0 Å². The molecule has 0 aromatic heterocycles. The Labute approximate surface area is 125 Å². The molecule has 0 saturated carbocycles. The SMILES string of the molecule is O=S(=O)(O)C(CCCCCCCCC(F)(F)F)CC(F)(F)F. The summed E-state index contributed by atoms with van der Waals surface area (Å²) >= 11 is 0. The van der Waals surface area contributed by atoms with Gasteiger partial charge in [-0.25, -0.2) is 0 Å². The van der Waals surface area contributed by atoms with Gasteiger partial charge < -0.3 is 0 Å². The minimum Gasteiger partial charge on any atom is -0.285 e. The molecule has 0 aliphatic carbocycles. The molecule has 0 aromatic carbocycles. The Morgan fingerprint density at radius 1 is 0.773 bits per heavy atom. The number of hydrogen-bond donors (Lipinski definition) is 1. The van der Waals surface area contributed by atoms with Crippen LogP contribution in [0.4, 0.5) is 26.3 Å². The van der Waals surface area contributed by atoms with Crippen LogP contribution in [0.1, 0.15) is 57.8 Å². The zero-order chi connectivity index (χ0) is 17.4. The highest BCUT2D eigenvalue weighted by Gasteiger charge is 2.37. The molecule has 0 aromatic rings. The highest BCUT2D eigenvalue weighted by molar-refractivity contribution is 7.86. The lowest BCUT2D eigenvalue weighted by Gasteiger charge is -2.15. The number of hydrogen-bond acceptors (Lipinski definition) is 2. The molecule has 0 fully saturated rings. The first kappa shape index (κ1) is 21.5. The standard InChI is InChI=1S/C12H20F6O3S/c13-11(14,15)8-6-4-2-1-3-5-7-10(22(19,20)21)9-12(16,17)18/h10H,1-9H2,(H,19,20,21). The van der Waals surface area contributed by atoms with Crippen molar-refractivity contribution in [2.75, 3.05) is 0 Å². The van der Waals surface area contributed by atoms with Crippen LogP contribution in [0.5, 0.6) is 0 Å². The third-order valence-corrected chi connectivity index (χ3v) is 4.36. The fourth-order valence-electron chi connectivity index (χ4n) is 2.02. The van der Waals surface area contributed by atoms with Crippen molar-refractivity contribution in [3.8, 4) is 0 Å². The Morgan fingerprint density at radius 2 is 1.23 bits per heavy atom. The van der Waals surface area contributed by atoms with E-state index in [-0.39, 0.29) is 19.3 Å². The van der Waals surface area contributed by atoms with E-state index in [4.69, 9.17) is 4.55 Å². The fourth-order valence-corrected chi connectivity index (χ4v) is 2.88. The summed E-state index contributed by atoms with van der Waals surface area (Å²) < 4.78 is 103. The first-order valence-corrected chi connectivity index (χ1v) is 8.41. The van der Waals surface area contributed by atoms with E-state index >= 15 is 0 Å². The van der Waals surface area contributed by atoms with Crippen LogP contribution in [-0.2, 0) is 10.1 Å². The number of halogens is 6. The smallest absolute Gasteiger partial charge is 0.285 e. The molecule has 1 atom stereocenters. The van der Waals surface area contributed by atoms with Gasteiger partial charge in [-0.05, 0) is 12.8 Å². The fraction of sp³-hybridized carbons (Fsp3) is 1.00. The lowest BCUT2D eigenvalue weighted by Crippen LogP contribution is -2.27. The summed E-state index contributed by atoms with van der Waals surface area (Å²) in [6.45, 7) is 0. The summed E-state index contributed by atoms with van der Waals surface area (Å²) in [7, 11) is -4.76. The number of rotatable bonds is 10. The van der Waals surface area contributed by atoms with Crippen molar-refractivity contribution in [3.63, 3.8) is 0 Å². The number of alkyl halides is 6. The van der Waals surface area contributed by atoms with Crippen LogP contribution < -0.4 is 0 Å². The van der Waals surface area contributed by atoms with Gasteiger partial charge >= 0.3 is 12.4 Å². The average molecular weight is 358 g/mol. The van der Waals surface area contributed by atoms with Gasteiger partial charge in [-0.2, -0.15) is 34.8 Å². The molecule has 0 aliphatic heterocycles. The highest BCUT2D eigenvalue weighted by atomic mass is 32.2. The molecular formula is C12H20F6O3S. The molecule has 0 saturated heterocycles. The van der Waals surface area contributed by atoms with E-state index in [1.807, 2.05) is 0 Å². The van der Waals surface area contributed by atoms with Crippen molar-refractivity contribution >= 4 is 10.1 Å². The lowest BCUT2D eigenvalue weighted by atomic mass is 10.1. The third kappa shape index (κ3) is 13.2. The molecule has 0 rings (SSSR count). The molecule has 0 bridgehead atoms. The summed E-state index contributed by atoms with van der Waals surface area (Å²) in [5.41, 5.74) is 0. The Morgan fingerprint density at radius 3 is 1.64 bits per heavy atom. The number of unbranched alkanes of at least 4 members (excludes halogenated alkanes) is 5. The van der Waals surface area contributed by atoms with E-state index in [0.29, 0.717) is 25.7 Å². The largest absolute Gasteiger partial charge is 0.390 e. The van der Waals surface area contributed by atoms with Crippen LogP contribution >= 0.6 is 0 Å². The van der Waals surface area contributed by atoms with Crippen molar-refractivity contribution in [3.05, 3.63) is 0 Å². The predicted molar refractivity (Wildman–Crippen MR) is 69.0 cm³/mol. The molecule has 1 unspecified atom stereocenters. The van der Waals surface area contributed by atoms with Crippen LogP contribution in [-0.4, -0.2) is 30.6 Å². The molecule has 134 valence electrons. The molecule has 0 radical (unpaired) electrons.